The highest BCUT2D eigenvalue weighted by Crippen LogP contribution is 2.27. The molecule has 1 fully saturated rings. The second-order valence-corrected chi connectivity index (χ2v) is 4.17. The zero-order chi connectivity index (χ0) is 9.68. The molecule has 0 spiro atoms. The maximum atomic E-state index is 10.9. The quantitative estimate of drug-likeness (QED) is 0.613. The zero-order valence-corrected chi connectivity index (χ0v) is 8.83. The molecule has 0 bridgehead atoms. The summed E-state index contributed by atoms with van der Waals surface area (Å²) < 4.78 is 0. The fourth-order valence-corrected chi connectivity index (χ4v) is 2.34. The first-order chi connectivity index (χ1) is 6.29. The Bertz CT molecular complexity index is 158. The maximum absolute atomic E-state index is 10.9. The molecular weight excluding hydrogens is 162 g/mol. The molecule has 1 rings (SSSR count). The average molecular weight is 183 g/mol. The molecule has 1 saturated carbocycles. The number of hydrogen-bond donors (Lipinski definition) is 0. The van der Waals surface area contributed by atoms with E-state index in [0.29, 0.717) is 12.0 Å². The smallest absolute Gasteiger partial charge is 0.209 e. The summed E-state index contributed by atoms with van der Waals surface area (Å²) in [6, 6.07) is 0.520. The van der Waals surface area contributed by atoms with Crippen molar-refractivity contribution in [1.29, 1.82) is 0 Å². The lowest BCUT2D eigenvalue weighted by atomic mass is 9.85. The van der Waals surface area contributed by atoms with E-state index in [1.54, 1.807) is 0 Å². The van der Waals surface area contributed by atoms with Crippen molar-refractivity contribution < 1.29 is 4.79 Å². The molecule has 1 aliphatic carbocycles. The van der Waals surface area contributed by atoms with E-state index in [-0.39, 0.29) is 0 Å². The van der Waals surface area contributed by atoms with E-state index in [1.807, 2.05) is 4.90 Å². The topological polar surface area (TPSA) is 20.3 Å². The van der Waals surface area contributed by atoms with Crippen molar-refractivity contribution >= 4 is 6.41 Å². The number of carbonyl (C=O) groups excluding carboxylic acids is 1. The number of rotatable bonds is 4. The summed E-state index contributed by atoms with van der Waals surface area (Å²) in [7, 11) is 0. The molecule has 0 N–H and O–H groups in total. The van der Waals surface area contributed by atoms with Gasteiger partial charge in [0.2, 0.25) is 6.41 Å². The fraction of sp³-hybridized carbons (Fsp3) is 0.909. The summed E-state index contributed by atoms with van der Waals surface area (Å²) in [5.41, 5.74) is 0. The van der Waals surface area contributed by atoms with Gasteiger partial charge >= 0.3 is 0 Å². The van der Waals surface area contributed by atoms with Crippen LogP contribution in [0.2, 0.25) is 0 Å². The van der Waals surface area contributed by atoms with Gasteiger partial charge < -0.3 is 4.90 Å². The molecule has 0 heterocycles. The normalized spacial score (nSPS) is 28.5. The predicted octanol–water partition coefficient (Wildman–Crippen LogP) is 2.43. The Kier molecular flexibility index (Phi) is 4.26. The molecular formula is C11H21NO. The minimum absolute atomic E-state index is 0.520. The van der Waals surface area contributed by atoms with Crippen molar-refractivity contribution in [2.45, 2.75) is 52.0 Å². The lowest BCUT2D eigenvalue weighted by Crippen LogP contribution is -2.41. The zero-order valence-electron chi connectivity index (χ0n) is 8.83. The Hall–Kier alpha value is -0.530. The van der Waals surface area contributed by atoms with Crippen molar-refractivity contribution in [2.75, 3.05) is 6.54 Å². The Balaban J connectivity index is 2.49. The van der Waals surface area contributed by atoms with E-state index in [4.69, 9.17) is 0 Å². The van der Waals surface area contributed by atoms with E-state index < -0.39 is 0 Å². The largest absolute Gasteiger partial charge is 0.342 e. The Labute approximate surface area is 81.3 Å². The molecule has 0 saturated heterocycles. The van der Waals surface area contributed by atoms with Gasteiger partial charge in [-0.25, -0.2) is 0 Å². The highest BCUT2D eigenvalue weighted by molar-refractivity contribution is 5.47. The summed E-state index contributed by atoms with van der Waals surface area (Å²) in [5.74, 6) is 0.700. The monoisotopic (exact) mass is 183 g/mol. The van der Waals surface area contributed by atoms with Gasteiger partial charge in [-0.2, -0.15) is 0 Å². The first-order valence-corrected chi connectivity index (χ1v) is 5.50. The standard InChI is InChI=1S/C11H21NO/c1-3-8-12(9-13)11-7-5-4-6-10(11)2/h9-11H,3-8H2,1-2H3. The molecule has 13 heavy (non-hydrogen) atoms. The van der Waals surface area contributed by atoms with Crippen LogP contribution in [0.25, 0.3) is 0 Å². The number of hydrogen-bond acceptors (Lipinski definition) is 1. The van der Waals surface area contributed by atoms with Crippen molar-refractivity contribution in [1.82, 2.24) is 4.90 Å². The Morgan fingerprint density at radius 1 is 1.38 bits per heavy atom. The Morgan fingerprint density at radius 2 is 2.08 bits per heavy atom. The van der Waals surface area contributed by atoms with Gasteiger partial charge in [0.1, 0.15) is 0 Å². The van der Waals surface area contributed by atoms with Gasteiger partial charge in [-0.1, -0.05) is 26.7 Å². The molecule has 2 atom stereocenters. The molecule has 0 aliphatic heterocycles. The van der Waals surface area contributed by atoms with Gasteiger partial charge in [-0.3, -0.25) is 4.79 Å². The molecule has 2 nitrogen and oxygen atoms in total. The predicted molar refractivity (Wildman–Crippen MR) is 54.5 cm³/mol. The van der Waals surface area contributed by atoms with Crippen LogP contribution in [0.4, 0.5) is 0 Å². The van der Waals surface area contributed by atoms with Crippen LogP contribution in [-0.2, 0) is 4.79 Å². The first kappa shape index (κ1) is 10.6. The molecule has 0 aromatic carbocycles. The molecule has 0 aromatic rings. The summed E-state index contributed by atoms with van der Waals surface area (Å²) in [4.78, 5) is 12.9. The van der Waals surface area contributed by atoms with Crippen molar-refractivity contribution in [3.8, 4) is 0 Å². The second-order valence-electron chi connectivity index (χ2n) is 4.17. The molecule has 2 heteroatoms. The minimum atomic E-state index is 0.520. The third-order valence-corrected chi connectivity index (χ3v) is 3.11. The van der Waals surface area contributed by atoms with E-state index in [0.717, 1.165) is 19.4 Å². The van der Waals surface area contributed by atoms with Crippen molar-refractivity contribution in [2.24, 2.45) is 5.92 Å². The summed E-state index contributed by atoms with van der Waals surface area (Å²) in [5, 5.41) is 0. The number of nitrogens with zero attached hydrogens (tertiary/aromatic N) is 1. The number of carbonyl (C=O) groups is 1. The van der Waals surface area contributed by atoms with Gasteiger partial charge in [0.15, 0.2) is 0 Å². The summed E-state index contributed by atoms with van der Waals surface area (Å²) in [6.07, 6.45) is 7.25. The van der Waals surface area contributed by atoms with E-state index in [9.17, 15) is 4.79 Å². The van der Waals surface area contributed by atoms with E-state index >= 15 is 0 Å². The van der Waals surface area contributed by atoms with Crippen LogP contribution >= 0.6 is 0 Å². The van der Waals surface area contributed by atoms with Crippen LogP contribution in [0, 0.1) is 5.92 Å². The van der Waals surface area contributed by atoms with Crippen LogP contribution in [0.3, 0.4) is 0 Å². The summed E-state index contributed by atoms with van der Waals surface area (Å²) in [6.45, 7) is 5.33. The molecule has 0 aromatic heterocycles. The maximum Gasteiger partial charge on any atom is 0.209 e. The van der Waals surface area contributed by atoms with Crippen molar-refractivity contribution in [3.63, 3.8) is 0 Å². The second kappa shape index (κ2) is 5.25. The van der Waals surface area contributed by atoms with Gasteiger partial charge in [-0.15, -0.1) is 0 Å². The third kappa shape index (κ3) is 2.71. The van der Waals surface area contributed by atoms with E-state index in [1.165, 1.54) is 25.7 Å². The van der Waals surface area contributed by atoms with Gasteiger partial charge in [0.25, 0.3) is 0 Å². The fourth-order valence-electron chi connectivity index (χ4n) is 2.34. The van der Waals surface area contributed by atoms with E-state index in [2.05, 4.69) is 13.8 Å². The third-order valence-electron chi connectivity index (χ3n) is 3.11. The Morgan fingerprint density at radius 3 is 2.62 bits per heavy atom. The lowest BCUT2D eigenvalue weighted by molar-refractivity contribution is -0.121. The van der Waals surface area contributed by atoms with Gasteiger partial charge in [0, 0.05) is 12.6 Å². The molecule has 2 unspecified atom stereocenters. The van der Waals surface area contributed by atoms with Crippen LogP contribution in [-0.4, -0.2) is 23.9 Å². The van der Waals surface area contributed by atoms with Gasteiger partial charge in [0.05, 0.1) is 0 Å². The molecule has 1 amide bonds. The van der Waals surface area contributed by atoms with Crippen LogP contribution in [0.15, 0.2) is 0 Å². The van der Waals surface area contributed by atoms with Crippen LogP contribution in [0.1, 0.15) is 46.0 Å². The van der Waals surface area contributed by atoms with Gasteiger partial charge in [-0.05, 0) is 25.2 Å². The molecule has 76 valence electrons. The SMILES string of the molecule is CCCN(C=O)C1CCCCC1C. The highest BCUT2D eigenvalue weighted by atomic mass is 16.1. The van der Waals surface area contributed by atoms with Crippen LogP contribution in [0.5, 0.6) is 0 Å². The first-order valence-electron chi connectivity index (χ1n) is 5.50. The van der Waals surface area contributed by atoms with Crippen LogP contribution < -0.4 is 0 Å². The molecule has 0 radical (unpaired) electrons. The minimum Gasteiger partial charge on any atom is -0.342 e. The average Bonchev–Trinajstić information content (AvgIpc) is 2.16. The molecule has 1 aliphatic rings. The lowest BCUT2D eigenvalue weighted by Gasteiger charge is -2.36. The van der Waals surface area contributed by atoms with Crippen molar-refractivity contribution in [3.05, 3.63) is 0 Å². The summed E-state index contributed by atoms with van der Waals surface area (Å²) >= 11 is 0. The highest BCUT2D eigenvalue weighted by Gasteiger charge is 2.25. The number of amides is 1.